The normalized spacial score (nSPS) is 12.4. The SMILES string of the molecule is C[C@H](OC(=O)CCNS(=O)(=O)c1ccccc1)C(=O)c1ccc(F)cc1. The summed E-state index contributed by atoms with van der Waals surface area (Å²) >= 11 is 0. The van der Waals surface area contributed by atoms with E-state index < -0.39 is 33.7 Å². The first-order chi connectivity index (χ1) is 12.3. The minimum Gasteiger partial charge on any atom is -0.454 e. The summed E-state index contributed by atoms with van der Waals surface area (Å²) in [6.45, 7) is 1.24. The molecule has 6 nitrogen and oxygen atoms in total. The van der Waals surface area contributed by atoms with Gasteiger partial charge in [-0.05, 0) is 43.3 Å². The Labute approximate surface area is 151 Å². The van der Waals surface area contributed by atoms with Gasteiger partial charge in [0.05, 0.1) is 11.3 Å². The van der Waals surface area contributed by atoms with E-state index in [4.69, 9.17) is 4.74 Å². The summed E-state index contributed by atoms with van der Waals surface area (Å²) in [6, 6.07) is 12.6. The molecule has 0 spiro atoms. The molecule has 8 heteroatoms. The fourth-order valence-corrected chi connectivity index (χ4v) is 3.18. The third kappa shape index (κ3) is 5.47. The van der Waals surface area contributed by atoms with Crippen LogP contribution in [0.25, 0.3) is 0 Å². The molecule has 0 fully saturated rings. The molecule has 0 radical (unpaired) electrons. The van der Waals surface area contributed by atoms with E-state index in [-0.39, 0.29) is 23.4 Å². The van der Waals surface area contributed by atoms with Gasteiger partial charge in [-0.1, -0.05) is 18.2 Å². The van der Waals surface area contributed by atoms with Gasteiger partial charge in [0.25, 0.3) is 0 Å². The van der Waals surface area contributed by atoms with E-state index >= 15 is 0 Å². The zero-order valence-electron chi connectivity index (χ0n) is 14.0. The molecule has 0 bridgehead atoms. The predicted octanol–water partition coefficient (Wildman–Crippen LogP) is 2.31. The molecule has 1 atom stereocenters. The highest BCUT2D eigenvalue weighted by Crippen LogP contribution is 2.10. The average molecular weight is 379 g/mol. The zero-order chi connectivity index (χ0) is 19.2. The van der Waals surface area contributed by atoms with Crippen molar-refractivity contribution >= 4 is 21.8 Å². The molecule has 1 N–H and O–H groups in total. The van der Waals surface area contributed by atoms with Crippen molar-refractivity contribution in [2.45, 2.75) is 24.3 Å². The van der Waals surface area contributed by atoms with Gasteiger partial charge in [0, 0.05) is 12.1 Å². The van der Waals surface area contributed by atoms with E-state index in [1.807, 2.05) is 0 Å². The Morgan fingerprint density at radius 2 is 1.69 bits per heavy atom. The van der Waals surface area contributed by atoms with Crippen molar-refractivity contribution in [3.8, 4) is 0 Å². The van der Waals surface area contributed by atoms with E-state index in [0.717, 1.165) is 12.1 Å². The number of nitrogens with one attached hydrogen (secondary N) is 1. The van der Waals surface area contributed by atoms with E-state index in [0.29, 0.717) is 0 Å². The average Bonchev–Trinajstić information content (AvgIpc) is 2.62. The highest BCUT2D eigenvalue weighted by atomic mass is 32.2. The number of esters is 1. The van der Waals surface area contributed by atoms with Crippen molar-refractivity contribution in [1.82, 2.24) is 4.72 Å². The van der Waals surface area contributed by atoms with Crippen LogP contribution in [0.5, 0.6) is 0 Å². The van der Waals surface area contributed by atoms with Crippen molar-refractivity contribution in [1.29, 1.82) is 0 Å². The lowest BCUT2D eigenvalue weighted by Gasteiger charge is -2.12. The molecule has 2 aromatic carbocycles. The third-order valence-corrected chi connectivity index (χ3v) is 4.96. The maximum atomic E-state index is 12.9. The van der Waals surface area contributed by atoms with Crippen molar-refractivity contribution in [3.05, 3.63) is 66.0 Å². The molecule has 2 aromatic rings. The molecule has 0 heterocycles. The van der Waals surface area contributed by atoms with Crippen molar-refractivity contribution in [3.63, 3.8) is 0 Å². The fourth-order valence-electron chi connectivity index (χ4n) is 2.13. The van der Waals surface area contributed by atoms with Gasteiger partial charge in [-0.3, -0.25) is 9.59 Å². The van der Waals surface area contributed by atoms with Crippen molar-refractivity contribution in [2.24, 2.45) is 0 Å². The highest BCUT2D eigenvalue weighted by molar-refractivity contribution is 7.89. The summed E-state index contributed by atoms with van der Waals surface area (Å²) in [5, 5.41) is 0. The number of rotatable bonds is 8. The standard InChI is InChI=1S/C18H18FNO5S/c1-13(18(22)14-7-9-15(19)10-8-14)25-17(21)11-12-20-26(23,24)16-5-3-2-4-6-16/h2-10,13,20H,11-12H2,1H3/t13-/m0/s1. The third-order valence-electron chi connectivity index (χ3n) is 3.48. The number of carbonyl (C=O) groups excluding carboxylic acids is 2. The number of sulfonamides is 1. The Balaban J connectivity index is 1.83. The molecule has 0 aliphatic heterocycles. The molecule has 0 saturated heterocycles. The van der Waals surface area contributed by atoms with Gasteiger partial charge in [-0.2, -0.15) is 0 Å². The van der Waals surface area contributed by atoms with Crippen LogP contribution >= 0.6 is 0 Å². The number of ether oxygens (including phenoxy) is 1. The Kier molecular flexibility index (Phi) is 6.59. The number of halogens is 1. The monoisotopic (exact) mass is 379 g/mol. The Morgan fingerprint density at radius 1 is 1.08 bits per heavy atom. The second-order valence-corrected chi connectivity index (χ2v) is 7.23. The Bertz CT molecular complexity index is 866. The second kappa shape index (κ2) is 8.68. The molecule has 26 heavy (non-hydrogen) atoms. The number of hydrogen-bond acceptors (Lipinski definition) is 5. The van der Waals surface area contributed by atoms with Gasteiger partial charge in [-0.25, -0.2) is 17.5 Å². The van der Waals surface area contributed by atoms with Crippen LogP contribution in [0.3, 0.4) is 0 Å². The summed E-state index contributed by atoms with van der Waals surface area (Å²) in [6.07, 6.45) is -1.29. The van der Waals surface area contributed by atoms with Crippen LogP contribution in [-0.4, -0.2) is 32.8 Å². The van der Waals surface area contributed by atoms with E-state index in [1.165, 1.54) is 31.2 Å². The van der Waals surface area contributed by atoms with Gasteiger partial charge in [0.1, 0.15) is 5.82 Å². The molecule has 0 unspecified atom stereocenters. The van der Waals surface area contributed by atoms with Gasteiger partial charge in [0.15, 0.2) is 6.10 Å². The quantitative estimate of drug-likeness (QED) is 0.562. The van der Waals surface area contributed by atoms with E-state index in [2.05, 4.69) is 4.72 Å². The number of carbonyl (C=O) groups is 2. The van der Waals surface area contributed by atoms with Crippen LogP contribution in [0.2, 0.25) is 0 Å². The topological polar surface area (TPSA) is 89.5 Å². The maximum Gasteiger partial charge on any atom is 0.307 e. The lowest BCUT2D eigenvalue weighted by atomic mass is 10.1. The lowest BCUT2D eigenvalue weighted by molar-refractivity contribution is -0.146. The minimum absolute atomic E-state index is 0.0909. The summed E-state index contributed by atoms with van der Waals surface area (Å²) in [4.78, 5) is 24.0. The van der Waals surface area contributed by atoms with Crippen molar-refractivity contribution < 1.29 is 27.1 Å². The van der Waals surface area contributed by atoms with Crippen LogP contribution < -0.4 is 4.72 Å². The van der Waals surface area contributed by atoms with E-state index in [9.17, 15) is 22.4 Å². The van der Waals surface area contributed by atoms with E-state index in [1.54, 1.807) is 18.2 Å². The summed E-state index contributed by atoms with van der Waals surface area (Å²) < 4.78 is 44.2. The molecule has 0 aromatic heterocycles. The first kappa shape index (κ1) is 19.7. The molecular formula is C18H18FNO5S. The minimum atomic E-state index is -3.71. The molecule has 2 rings (SSSR count). The zero-order valence-corrected chi connectivity index (χ0v) is 14.8. The highest BCUT2D eigenvalue weighted by Gasteiger charge is 2.20. The largest absolute Gasteiger partial charge is 0.454 e. The van der Waals surface area contributed by atoms with Gasteiger partial charge in [0.2, 0.25) is 15.8 Å². The smallest absolute Gasteiger partial charge is 0.307 e. The number of ketones is 1. The first-order valence-electron chi connectivity index (χ1n) is 7.83. The molecular weight excluding hydrogens is 361 g/mol. The molecule has 0 aliphatic carbocycles. The Morgan fingerprint density at radius 3 is 2.31 bits per heavy atom. The first-order valence-corrected chi connectivity index (χ1v) is 9.32. The fraction of sp³-hybridized carbons (Fsp3) is 0.222. The molecule has 0 aliphatic rings. The van der Waals surface area contributed by atoms with Crippen LogP contribution in [0.15, 0.2) is 59.5 Å². The lowest BCUT2D eigenvalue weighted by Crippen LogP contribution is -2.29. The summed E-state index contributed by atoms with van der Waals surface area (Å²) in [7, 11) is -3.71. The van der Waals surface area contributed by atoms with Crippen LogP contribution in [0, 0.1) is 5.82 Å². The number of hydrogen-bond donors (Lipinski definition) is 1. The van der Waals surface area contributed by atoms with Gasteiger partial charge < -0.3 is 4.74 Å². The summed E-state index contributed by atoms with van der Waals surface area (Å²) in [5.41, 5.74) is 0.219. The number of benzene rings is 2. The Hall–Kier alpha value is -2.58. The number of Topliss-reactive ketones (excluding diaryl/α,β-unsaturated/α-hetero) is 1. The van der Waals surface area contributed by atoms with Crippen molar-refractivity contribution in [2.75, 3.05) is 6.54 Å². The van der Waals surface area contributed by atoms with Gasteiger partial charge in [-0.15, -0.1) is 0 Å². The molecule has 138 valence electrons. The molecule has 0 amide bonds. The molecule has 0 saturated carbocycles. The maximum absolute atomic E-state index is 12.9. The second-order valence-electron chi connectivity index (χ2n) is 5.46. The van der Waals surface area contributed by atoms with Crippen LogP contribution in [0.4, 0.5) is 4.39 Å². The van der Waals surface area contributed by atoms with Crippen LogP contribution in [-0.2, 0) is 19.6 Å². The predicted molar refractivity (Wildman–Crippen MR) is 92.5 cm³/mol. The van der Waals surface area contributed by atoms with Gasteiger partial charge >= 0.3 is 5.97 Å². The van der Waals surface area contributed by atoms with Crippen LogP contribution in [0.1, 0.15) is 23.7 Å². The summed E-state index contributed by atoms with van der Waals surface area (Å²) in [5.74, 6) is -1.66.